The van der Waals surface area contributed by atoms with Gasteiger partial charge in [0.1, 0.15) is 0 Å². The molecule has 0 aromatic rings. The molecule has 1 heterocycles. The van der Waals surface area contributed by atoms with Crippen LogP contribution in [0.25, 0.3) is 0 Å². The fourth-order valence-electron chi connectivity index (χ4n) is 3.15. The van der Waals surface area contributed by atoms with Gasteiger partial charge in [0, 0.05) is 25.2 Å². The zero-order valence-electron chi connectivity index (χ0n) is 12.9. The summed E-state index contributed by atoms with van der Waals surface area (Å²) in [4.78, 5) is 5.23. The Bertz CT molecular complexity index is 330. The van der Waals surface area contributed by atoms with E-state index in [0.717, 1.165) is 12.6 Å². The Kier molecular flexibility index (Phi) is 5.65. The number of likely N-dealkylation sites (tertiary alicyclic amines) is 1. The van der Waals surface area contributed by atoms with Gasteiger partial charge in [-0.2, -0.15) is 0 Å². The fraction of sp³-hybridized carbons (Fsp3) is 0.765. The summed E-state index contributed by atoms with van der Waals surface area (Å²) in [5, 5.41) is 0. The van der Waals surface area contributed by atoms with E-state index in [0.29, 0.717) is 6.04 Å². The van der Waals surface area contributed by atoms with E-state index in [-0.39, 0.29) is 0 Å². The maximum absolute atomic E-state index is 2.66. The number of likely N-dealkylation sites (N-methyl/N-ethyl adjacent to an activating group) is 1. The Morgan fingerprint density at radius 1 is 1.37 bits per heavy atom. The average Bonchev–Trinajstić information content (AvgIpc) is 2.41. The Hall–Kier alpha value is -0.600. The monoisotopic (exact) mass is 262 g/mol. The third-order valence-electron chi connectivity index (χ3n) is 4.60. The molecule has 0 radical (unpaired) electrons. The van der Waals surface area contributed by atoms with Crippen molar-refractivity contribution >= 4 is 0 Å². The van der Waals surface area contributed by atoms with Crippen molar-refractivity contribution in [1.82, 2.24) is 9.80 Å². The fourth-order valence-corrected chi connectivity index (χ4v) is 3.15. The number of rotatable bonds is 5. The van der Waals surface area contributed by atoms with Crippen LogP contribution in [0.5, 0.6) is 0 Å². The molecule has 2 rings (SSSR count). The summed E-state index contributed by atoms with van der Waals surface area (Å²) in [7, 11) is 2.30. The molecule has 0 spiro atoms. The molecule has 2 nitrogen and oxygen atoms in total. The normalized spacial score (nSPS) is 25.1. The minimum Gasteiger partial charge on any atom is -0.302 e. The van der Waals surface area contributed by atoms with Gasteiger partial charge in [-0.25, -0.2) is 0 Å². The van der Waals surface area contributed by atoms with Crippen LogP contribution in [0.3, 0.4) is 0 Å². The first kappa shape index (κ1) is 14.8. The molecule has 108 valence electrons. The van der Waals surface area contributed by atoms with E-state index in [2.05, 4.69) is 48.9 Å². The van der Waals surface area contributed by atoms with Gasteiger partial charge in [-0.15, -0.1) is 0 Å². The topological polar surface area (TPSA) is 6.48 Å². The third kappa shape index (κ3) is 4.47. The van der Waals surface area contributed by atoms with Crippen LogP contribution in [0.4, 0.5) is 0 Å². The molecule has 19 heavy (non-hydrogen) atoms. The highest BCUT2D eigenvalue weighted by molar-refractivity contribution is 5.19. The molecule has 1 fully saturated rings. The highest BCUT2D eigenvalue weighted by atomic mass is 15.2. The highest BCUT2D eigenvalue weighted by Crippen LogP contribution is 2.19. The van der Waals surface area contributed by atoms with Crippen LogP contribution in [0.1, 0.15) is 46.0 Å². The molecule has 0 aromatic carbocycles. The summed E-state index contributed by atoms with van der Waals surface area (Å²) < 4.78 is 0. The lowest BCUT2D eigenvalue weighted by Crippen LogP contribution is -2.47. The smallest absolute Gasteiger partial charge is 0.0220 e. The lowest BCUT2D eigenvalue weighted by atomic mass is 10.00. The van der Waals surface area contributed by atoms with Crippen molar-refractivity contribution in [3.63, 3.8) is 0 Å². The SMILES string of the molecule is CC(C)N(CC1=CC=CCC1)CC1CCCCN1C. The van der Waals surface area contributed by atoms with Crippen LogP contribution < -0.4 is 0 Å². The lowest BCUT2D eigenvalue weighted by Gasteiger charge is -2.38. The highest BCUT2D eigenvalue weighted by Gasteiger charge is 2.23. The second-order valence-electron chi connectivity index (χ2n) is 6.45. The number of allylic oxidation sites excluding steroid dienone is 3. The first-order valence-electron chi connectivity index (χ1n) is 7.95. The molecule has 1 aliphatic heterocycles. The van der Waals surface area contributed by atoms with Gasteiger partial charge in [0.25, 0.3) is 0 Å². The van der Waals surface area contributed by atoms with Crippen molar-refractivity contribution in [2.75, 3.05) is 26.7 Å². The molecular formula is C17H30N2. The maximum atomic E-state index is 2.66. The zero-order valence-corrected chi connectivity index (χ0v) is 12.9. The summed E-state index contributed by atoms with van der Waals surface area (Å²) in [5.41, 5.74) is 1.61. The van der Waals surface area contributed by atoms with Gasteiger partial charge in [-0.1, -0.05) is 30.2 Å². The first-order valence-corrected chi connectivity index (χ1v) is 7.95. The molecule has 0 aromatic heterocycles. The molecule has 1 aliphatic carbocycles. The van der Waals surface area contributed by atoms with E-state index < -0.39 is 0 Å². The Morgan fingerprint density at radius 3 is 2.84 bits per heavy atom. The van der Waals surface area contributed by atoms with Gasteiger partial charge < -0.3 is 4.90 Å². The molecule has 2 aliphatic rings. The number of hydrogen-bond donors (Lipinski definition) is 0. The molecule has 0 saturated carbocycles. The maximum Gasteiger partial charge on any atom is 0.0220 e. The molecular weight excluding hydrogens is 232 g/mol. The summed E-state index contributed by atoms with van der Waals surface area (Å²) in [6.07, 6.45) is 13.5. The predicted octanol–water partition coefficient (Wildman–Crippen LogP) is 3.46. The molecule has 0 bridgehead atoms. The van der Waals surface area contributed by atoms with Gasteiger partial charge in [0.05, 0.1) is 0 Å². The van der Waals surface area contributed by atoms with E-state index in [1.807, 2.05) is 0 Å². The minimum atomic E-state index is 0.641. The van der Waals surface area contributed by atoms with Crippen LogP contribution in [0.15, 0.2) is 23.8 Å². The van der Waals surface area contributed by atoms with Gasteiger partial charge in [-0.3, -0.25) is 4.90 Å². The summed E-state index contributed by atoms with van der Waals surface area (Å²) in [5.74, 6) is 0. The molecule has 2 heteroatoms. The van der Waals surface area contributed by atoms with Crippen LogP contribution in [0, 0.1) is 0 Å². The zero-order chi connectivity index (χ0) is 13.7. The third-order valence-corrected chi connectivity index (χ3v) is 4.60. The molecule has 1 saturated heterocycles. The van der Waals surface area contributed by atoms with E-state index in [1.54, 1.807) is 5.57 Å². The number of piperidine rings is 1. The van der Waals surface area contributed by atoms with Crippen molar-refractivity contribution in [2.45, 2.75) is 58.0 Å². The van der Waals surface area contributed by atoms with Gasteiger partial charge in [-0.05, 0) is 53.1 Å². The van der Waals surface area contributed by atoms with E-state index in [9.17, 15) is 0 Å². The minimum absolute atomic E-state index is 0.641. The van der Waals surface area contributed by atoms with Crippen molar-refractivity contribution in [3.05, 3.63) is 23.8 Å². The van der Waals surface area contributed by atoms with Crippen LogP contribution in [0.2, 0.25) is 0 Å². The average molecular weight is 262 g/mol. The van der Waals surface area contributed by atoms with Crippen molar-refractivity contribution in [1.29, 1.82) is 0 Å². The molecule has 0 amide bonds. The Morgan fingerprint density at radius 2 is 2.21 bits per heavy atom. The van der Waals surface area contributed by atoms with E-state index in [1.165, 1.54) is 45.2 Å². The van der Waals surface area contributed by atoms with Crippen molar-refractivity contribution in [2.24, 2.45) is 0 Å². The van der Waals surface area contributed by atoms with Crippen molar-refractivity contribution < 1.29 is 0 Å². The van der Waals surface area contributed by atoms with E-state index >= 15 is 0 Å². The quantitative estimate of drug-likeness (QED) is 0.748. The largest absolute Gasteiger partial charge is 0.302 e. The van der Waals surface area contributed by atoms with E-state index in [4.69, 9.17) is 0 Å². The number of nitrogens with zero attached hydrogens (tertiary/aromatic N) is 2. The second kappa shape index (κ2) is 7.25. The molecule has 0 N–H and O–H groups in total. The second-order valence-corrected chi connectivity index (χ2v) is 6.45. The first-order chi connectivity index (χ1) is 9.16. The standard InChI is InChI=1S/C17H30N2/c1-15(2)19(13-16-9-5-4-6-10-16)14-17-11-7-8-12-18(17)3/h4-5,9,15,17H,6-8,10-14H2,1-3H3. The Balaban J connectivity index is 1.91. The van der Waals surface area contributed by atoms with Crippen LogP contribution in [-0.4, -0.2) is 48.6 Å². The van der Waals surface area contributed by atoms with Crippen LogP contribution in [-0.2, 0) is 0 Å². The predicted molar refractivity (Wildman–Crippen MR) is 83.4 cm³/mol. The molecule has 1 atom stereocenters. The summed E-state index contributed by atoms with van der Waals surface area (Å²) in [6, 6.07) is 1.40. The van der Waals surface area contributed by atoms with Gasteiger partial charge >= 0.3 is 0 Å². The van der Waals surface area contributed by atoms with Crippen LogP contribution >= 0.6 is 0 Å². The summed E-state index contributed by atoms with van der Waals surface area (Å²) in [6.45, 7) is 8.34. The summed E-state index contributed by atoms with van der Waals surface area (Å²) >= 11 is 0. The number of hydrogen-bond acceptors (Lipinski definition) is 2. The molecule has 1 unspecified atom stereocenters. The van der Waals surface area contributed by atoms with Gasteiger partial charge in [0.2, 0.25) is 0 Å². The van der Waals surface area contributed by atoms with Crippen molar-refractivity contribution in [3.8, 4) is 0 Å². The lowest BCUT2D eigenvalue weighted by molar-refractivity contribution is 0.117. The Labute approximate surface area is 119 Å². The van der Waals surface area contributed by atoms with Gasteiger partial charge in [0.15, 0.2) is 0 Å².